The summed E-state index contributed by atoms with van der Waals surface area (Å²) >= 11 is 1.54. The van der Waals surface area contributed by atoms with E-state index >= 15 is 0 Å². The minimum Gasteiger partial charge on any atom is -0.479 e. The van der Waals surface area contributed by atoms with Crippen LogP contribution in [-0.4, -0.2) is 28.7 Å². The van der Waals surface area contributed by atoms with E-state index in [2.05, 4.69) is 15.0 Å². The first-order valence-corrected chi connectivity index (χ1v) is 4.64. The maximum Gasteiger partial charge on any atom is 0.244 e. The summed E-state index contributed by atoms with van der Waals surface area (Å²) in [5.74, 6) is 1.72. The van der Waals surface area contributed by atoms with Gasteiger partial charge in [0, 0.05) is 0 Å². The highest BCUT2D eigenvalue weighted by Gasteiger charge is 2.16. The maximum atomic E-state index is 5.59. The van der Waals surface area contributed by atoms with Crippen LogP contribution in [0, 0.1) is 0 Å². The number of aromatic nitrogens is 2. The van der Waals surface area contributed by atoms with Gasteiger partial charge in [-0.3, -0.25) is 0 Å². The average molecular weight is 233 g/mol. The lowest BCUT2D eigenvalue weighted by Crippen LogP contribution is -2.17. The Morgan fingerprint density at radius 2 is 2.29 bits per heavy atom. The standard InChI is InChI=1S/C7H8N4OS.ClH/c1-12-6-5-7(10-3-9-6)13-2-4(8)11-5;/h3H,2H2,1H3,(H2,8,11);1H. The summed E-state index contributed by atoms with van der Waals surface area (Å²) in [5, 5.41) is 0.820. The number of halogens is 1. The molecule has 0 amide bonds. The van der Waals surface area contributed by atoms with E-state index in [1.165, 1.54) is 18.1 Å². The molecule has 0 fully saturated rings. The largest absolute Gasteiger partial charge is 0.479 e. The molecule has 0 saturated carbocycles. The third-order valence-electron chi connectivity index (χ3n) is 1.56. The van der Waals surface area contributed by atoms with Crippen LogP contribution in [0.2, 0.25) is 0 Å². The van der Waals surface area contributed by atoms with Crippen LogP contribution in [0.25, 0.3) is 0 Å². The molecule has 0 spiro atoms. The Balaban J connectivity index is 0.000000980. The molecule has 76 valence electrons. The van der Waals surface area contributed by atoms with Gasteiger partial charge < -0.3 is 10.5 Å². The summed E-state index contributed by atoms with van der Waals surface area (Å²) in [6.45, 7) is 0. The molecular weight excluding hydrogens is 224 g/mol. The predicted molar refractivity (Wildman–Crippen MR) is 57.8 cm³/mol. The first kappa shape index (κ1) is 11.1. The first-order chi connectivity index (χ1) is 6.31. The number of hydrogen-bond donors (Lipinski definition) is 1. The molecule has 1 aliphatic heterocycles. The molecule has 1 aliphatic rings. The van der Waals surface area contributed by atoms with Crippen LogP contribution in [0.1, 0.15) is 0 Å². The fraction of sp³-hybridized carbons (Fsp3) is 0.286. The van der Waals surface area contributed by atoms with Crippen LogP contribution in [0.3, 0.4) is 0 Å². The fourth-order valence-corrected chi connectivity index (χ4v) is 1.76. The highest BCUT2D eigenvalue weighted by atomic mass is 35.5. The third kappa shape index (κ3) is 1.91. The van der Waals surface area contributed by atoms with Crippen LogP contribution < -0.4 is 10.5 Å². The van der Waals surface area contributed by atoms with Crippen LogP contribution >= 0.6 is 24.2 Å². The van der Waals surface area contributed by atoms with E-state index in [4.69, 9.17) is 10.5 Å². The zero-order valence-corrected chi connectivity index (χ0v) is 9.06. The van der Waals surface area contributed by atoms with Gasteiger partial charge in [0.2, 0.25) is 5.88 Å². The Kier molecular flexibility index (Phi) is 3.54. The number of hydrogen-bond acceptors (Lipinski definition) is 6. The van der Waals surface area contributed by atoms with Gasteiger partial charge >= 0.3 is 0 Å². The van der Waals surface area contributed by atoms with Crippen molar-refractivity contribution in [1.82, 2.24) is 9.97 Å². The van der Waals surface area contributed by atoms with E-state index < -0.39 is 0 Å². The predicted octanol–water partition coefficient (Wildman–Crippen LogP) is 1.00. The second-order valence-electron chi connectivity index (χ2n) is 2.43. The lowest BCUT2D eigenvalue weighted by Gasteiger charge is -2.12. The van der Waals surface area contributed by atoms with Gasteiger partial charge in [-0.15, -0.1) is 12.4 Å². The Bertz CT molecular complexity index is 371. The van der Waals surface area contributed by atoms with Crippen LogP contribution in [0.15, 0.2) is 16.3 Å². The van der Waals surface area contributed by atoms with Crippen molar-refractivity contribution >= 4 is 35.7 Å². The van der Waals surface area contributed by atoms with Gasteiger partial charge in [-0.2, -0.15) is 4.98 Å². The van der Waals surface area contributed by atoms with Crippen LogP contribution in [0.5, 0.6) is 5.88 Å². The van der Waals surface area contributed by atoms with Crippen molar-refractivity contribution in [2.45, 2.75) is 5.03 Å². The van der Waals surface area contributed by atoms with E-state index in [1.807, 2.05) is 0 Å². The molecule has 14 heavy (non-hydrogen) atoms. The minimum absolute atomic E-state index is 0. The van der Waals surface area contributed by atoms with E-state index in [9.17, 15) is 0 Å². The second kappa shape index (κ2) is 4.47. The fourth-order valence-electron chi connectivity index (χ4n) is 1.02. The lowest BCUT2D eigenvalue weighted by atomic mass is 10.5. The third-order valence-corrected chi connectivity index (χ3v) is 2.57. The summed E-state index contributed by atoms with van der Waals surface area (Å²) in [5.41, 5.74) is 6.23. The van der Waals surface area contributed by atoms with Gasteiger partial charge in [-0.1, -0.05) is 11.8 Å². The second-order valence-corrected chi connectivity index (χ2v) is 3.39. The number of methoxy groups -OCH3 is 1. The number of amidine groups is 1. The number of ether oxygens (including phenoxy) is 1. The van der Waals surface area contributed by atoms with E-state index in [0.717, 1.165) is 5.03 Å². The SMILES string of the molecule is COc1ncnc2c1N=C(N)CS2.Cl. The summed E-state index contributed by atoms with van der Waals surface area (Å²) < 4.78 is 5.03. The zero-order chi connectivity index (χ0) is 9.26. The molecule has 5 nitrogen and oxygen atoms in total. The molecule has 0 bridgehead atoms. The molecule has 2 rings (SSSR count). The maximum absolute atomic E-state index is 5.59. The molecule has 2 N–H and O–H groups in total. The van der Waals surface area contributed by atoms with Crippen molar-refractivity contribution in [1.29, 1.82) is 0 Å². The molecular formula is C7H9ClN4OS. The van der Waals surface area contributed by atoms with Crippen molar-refractivity contribution in [2.24, 2.45) is 10.7 Å². The summed E-state index contributed by atoms with van der Waals surface area (Å²) in [6, 6.07) is 0. The first-order valence-electron chi connectivity index (χ1n) is 3.66. The smallest absolute Gasteiger partial charge is 0.244 e. The normalized spacial score (nSPS) is 13.6. The van der Waals surface area contributed by atoms with Crippen molar-refractivity contribution in [3.8, 4) is 5.88 Å². The molecule has 0 radical (unpaired) electrons. The Labute approximate surface area is 91.6 Å². The number of fused-ring (bicyclic) bond motifs is 1. The lowest BCUT2D eigenvalue weighted by molar-refractivity contribution is 0.396. The van der Waals surface area contributed by atoms with Gasteiger partial charge in [-0.25, -0.2) is 9.98 Å². The zero-order valence-electron chi connectivity index (χ0n) is 7.43. The van der Waals surface area contributed by atoms with Crippen molar-refractivity contribution < 1.29 is 4.74 Å². The molecule has 0 aromatic carbocycles. The van der Waals surface area contributed by atoms with E-state index in [1.54, 1.807) is 7.11 Å². The highest BCUT2D eigenvalue weighted by Crippen LogP contribution is 2.36. The number of rotatable bonds is 1. The number of aliphatic imine (C=N–C) groups is 1. The molecule has 0 saturated heterocycles. The molecule has 0 atom stereocenters. The van der Waals surface area contributed by atoms with Crippen molar-refractivity contribution in [3.63, 3.8) is 0 Å². The summed E-state index contributed by atoms with van der Waals surface area (Å²) in [6.07, 6.45) is 1.46. The Hall–Kier alpha value is -1.01. The van der Waals surface area contributed by atoms with E-state index in [-0.39, 0.29) is 12.4 Å². The van der Waals surface area contributed by atoms with Gasteiger partial charge in [-0.05, 0) is 0 Å². The highest BCUT2D eigenvalue weighted by molar-refractivity contribution is 8.00. The molecule has 0 unspecified atom stereocenters. The molecule has 0 aliphatic carbocycles. The summed E-state index contributed by atoms with van der Waals surface area (Å²) in [4.78, 5) is 12.1. The van der Waals surface area contributed by atoms with Gasteiger partial charge in [0.1, 0.15) is 17.2 Å². The number of nitrogens with two attached hydrogens (primary N) is 1. The molecule has 2 heterocycles. The summed E-state index contributed by atoms with van der Waals surface area (Å²) in [7, 11) is 1.55. The van der Waals surface area contributed by atoms with Crippen LogP contribution in [-0.2, 0) is 0 Å². The van der Waals surface area contributed by atoms with Gasteiger partial charge in [0.15, 0.2) is 5.69 Å². The monoisotopic (exact) mass is 232 g/mol. The minimum atomic E-state index is 0. The number of thioether (sulfide) groups is 1. The average Bonchev–Trinajstić information content (AvgIpc) is 2.17. The quantitative estimate of drug-likeness (QED) is 0.732. The topological polar surface area (TPSA) is 73.4 Å². The Morgan fingerprint density at radius 1 is 1.50 bits per heavy atom. The molecule has 7 heteroatoms. The van der Waals surface area contributed by atoms with Crippen molar-refractivity contribution in [2.75, 3.05) is 12.9 Å². The van der Waals surface area contributed by atoms with E-state index in [0.29, 0.717) is 23.2 Å². The molecule has 1 aromatic heterocycles. The number of nitrogens with zero attached hydrogens (tertiary/aromatic N) is 3. The Morgan fingerprint density at radius 3 is 3.00 bits per heavy atom. The van der Waals surface area contributed by atoms with Crippen LogP contribution in [0.4, 0.5) is 5.69 Å². The van der Waals surface area contributed by atoms with Gasteiger partial charge in [0.05, 0.1) is 12.9 Å². The van der Waals surface area contributed by atoms with Crippen molar-refractivity contribution in [3.05, 3.63) is 6.33 Å². The molecule has 1 aromatic rings. The van der Waals surface area contributed by atoms with Gasteiger partial charge in [0.25, 0.3) is 0 Å².